The van der Waals surface area contributed by atoms with Gasteiger partial charge in [0.15, 0.2) is 11.6 Å². The van der Waals surface area contributed by atoms with E-state index in [2.05, 4.69) is 0 Å². The topological polar surface area (TPSA) is 34.1 Å². The van der Waals surface area contributed by atoms with Crippen molar-refractivity contribution in [2.45, 2.75) is 26.7 Å². The molecule has 23 heavy (non-hydrogen) atoms. The van der Waals surface area contributed by atoms with Crippen LogP contribution < -0.4 is 0 Å². The highest BCUT2D eigenvalue weighted by molar-refractivity contribution is 6.30. The zero-order valence-corrected chi connectivity index (χ0v) is 14.2. The normalized spacial score (nSPS) is 14.4. The fourth-order valence-electron chi connectivity index (χ4n) is 2.36. The Morgan fingerprint density at radius 1 is 0.957 bits per heavy atom. The molecular formula is C20H21ClO2. The second-order valence-corrected chi connectivity index (χ2v) is 6.36. The summed E-state index contributed by atoms with van der Waals surface area (Å²) in [4.78, 5) is 22.5. The number of Topliss-reactive ketones (excluding diaryl/α,β-unsaturated/α-hetero) is 2. The molecule has 0 aromatic heterocycles. The zero-order chi connectivity index (χ0) is 16.8. The van der Waals surface area contributed by atoms with Crippen LogP contribution in [0.3, 0.4) is 0 Å². The van der Waals surface area contributed by atoms with Crippen molar-refractivity contribution in [3.8, 4) is 0 Å². The fourth-order valence-corrected chi connectivity index (χ4v) is 2.49. The van der Waals surface area contributed by atoms with Crippen molar-refractivity contribution in [2.75, 3.05) is 0 Å². The van der Waals surface area contributed by atoms with Gasteiger partial charge in [0.05, 0.1) is 0 Å². The molecule has 2 aromatic rings. The first-order chi connectivity index (χ1) is 11.0. The van der Waals surface area contributed by atoms with Gasteiger partial charge in [-0.25, -0.2) is 0 Å². The lowest BCUT2D eigenvalue weighted by Crippen LogP contribution is -2.12. The Morgan fingerprint density at radius 2 is 1.52 bits per heavy atom. The lowest BCUT2D eigenvalue weighted by molar-refractivity contribution is 0.0915. The van der Waals surface area contributed by atoms with E-state index in [0.717, 1.165) is 11.1 Å². The fraction of sp³-hybridized carbons (Fsp3) is 0.300. The summed E-state index contributed by atoms with van der Waals surface area (Å²) < 4.78 is 0. The van der Waals surface area contributed by atoms with E-state index in [1.54, 1.807) is 19.1 Å². The van der Waals surface area contributed by atoms with E-state index < -0.39 is 0 Å². The molecule has 2 nitrogen and oxygen atoms in total. The Hall–Kier alpha value is -1.93. The highest BCUT2D eigenvalue weighted by Crippen LogP contribution is 2.38. The summed E-state index contributed by atoms with van der Waals surface area (Å²) >= 11 is 5.76. The second kappa shape index (κ2) is 8.07. The van der Waals surface area contributed by atoms with Crippen LogP contribution in [0.15, 0.2) is 54.6 Å². The van der Waals surface area contributed by atoms with Crippen LogP contribution in [0, 0.1) is 11.8 Å². The molecule has 0 saturated heterocycles. The molecule has 3 rings (SSSR count). The third-order valence-electron chi connectivity index (χ3n) is 4.05. The lowest BCUT2D eigenvalue weighted by Gasteiger charge is -2.08. The van der Waals surface area contributed by atoms with Crippen molar-refractivity contribution < 1.29 is 9.59 Å². The smallest absolute Gasteiger partial charge is 0.165 e. The Bertz CT molecular complexity index is 658. The van der Waals surface area contributed by atoms with Crippen molar-refractivity contribution in [2.24, 2.45) is 11.8 Å². The van der Waals surface area contributed by atoms with E-state index in [9.17, 15) is 9.59 Å². The number of carbonyl (C=O) groups excluding carboxylic acids is 2. The van der Waals surface area contributed by atoms with Crippen molar-refractivity contribution in [3.05, 3.63) is 70.7 Å². The average Bonchev–Trinajstić information content (AvgIpc) is 3.40. The maximum absolute atomic E-state index is 11.9. The average molecular weight is 329 g/mol. The molecule has 2 aromatic carbocycles. The van der Waals surface area contributed by atoms with E-state index in [1.807, 2.05) is 49.4 Å². The quantitative estimate of drug-likeness (QED) is 0.698. The van der Waals surface area contributed by atoms with E-state index in [-0.39, 0.29) is 17.5 Å². The minimum absolute atomic E-state index is 0.121. The molecule has 1 fully saturated rings. The maximum atomic E-state index is 11.9. The van der Waals surface area contributed by atoms with E-state index >= 15 is 0 Å². The largest absolute Gasteiger partial charge is 0.295 e. The standard InChI is InChI=1S/C12H13ClO.C8H8O/c1-8(9-2-3-9)12(14)10-4-6-11(13)7-5-10;1-7(9)8-5-3-2-4-6-8/h4-9H,2-3H2,1H3;2-6H,1H3. The van der Waals surface area contributed by atoms with Gasteiger partial charge in [0.2, 0.25) is 0 Å². The molecule has 0 aliphatic heterocycles. The van der Waals surface area contributed by atoms with Crippen LogP contribution in [0.4, 0.5) is 0 Å². The summed E-state index contributed by atoms with van der Waals surface area (Å²) in [5.74, 6) is 1.18. The minimum atomic E-state index is 0.121. The van der Waals surface area contributed by atoms with Gasteiger partial charge < -0.3 is 0 Å². The number of carbonyl (C=O) groups is 2. The Balaban J connectivity index is 0.000000185. The van der Waals surface area contributed by atoms with Crippen molar-refractivity contribution in [1.82, 2.24) is 0 Å². The predicted octanol–water partition coefficient (Wildman–Crippen LogP) is 5.46. The summed E-state index contributed by atoms with van der Waals surface area (Å²) in [5.41, 5.74) is 1.56. The Labute approximate surface area is 142 Å². The second-order valence-electron chi connectivity index (χ2n) is 5.92. The summed E-state index contributed by atoms with van der Waals surface area (Å²) in [6, 6.07) is 16.4. The van der Waals surface area contributed by atoms with Crippen molar-refractivity contribution in [3.63, 3.8) is 0 Å². The molecular weight excluding hydrogens is 308 g/mol. The van der Waals surface area contributed by atoms with Crippen molar-refractivity contribution >= 4 is 23.2 Å². The first-order valence-electron chi connectivity index (χ1n) is 7.85. The first kappa shape index (κ1) is 17.4. The van der Waals surface area contributed by atoms with E-state index in [0.29, 0.717) is 10.9 Å². The molecule has 1 aliphatic carbocycles. The molecule has 0 radical (unpaired) electrons. The van der Waals surface area contributed by atoms with Gasteiger partial charge in [-0.3, -0.25) is 9.59 Å². The van der Waals surface area contributed by atoms with Crippen LogP contribution in [-0.2, 0) is 0 Å². The van der Waals surface area contributed by atoms with Gasteiger partial charge in [-0.2, -0.15) is 0 Å². The van der Waals surface area contributed by atoms with Crippen LogP contribution in [0.2, 0.25) is 5.02 Å². The molecule has 1 unspecified atom stereocenters. The predicted molar refractivity (Wildman–Crippen MR) is 94.1 cm³/mol. The lowest BCUT2D eigenvalue weighted by atomic mass is 9.95. The van der Waals surface area contributed by atoms with Crippen LogP contribution in [-0.4, -0.2) is 11.6 Å². The van der Waals surface area contributed by atoms with Gasteiger partial charge in [-0.1, -0.05) is 48.9 Å². The molecule has 0 spiro atoms. The molecule has 1 saturated carbocycles. The van der Waals surface area contributed by atoms with Crippen LogP contribution in [0.1, 0.15) is 47.4 Å². The molecule has 0 amide bonds. The first-order valence-corrected chi connectivity index (χ1v) is 8.22. The van der Waals surface area contributed by atoms with Crippen LogP contribution in [0.5, 0.6) is 0 Å². The van der Waals surface area contributed by atoms with Crippen LogP contribution in [0.25, 0.3) is 0 Å². The van der Waals surface area contributed by atoms with Gasteiger partial charge in [0.25, 0.3) is 0 Å². The highest BCUT2D eigenvalue weighted by atomic mass is 35.5. The molecule has 0 N–H and O–H groups in total. The van der Waals surface area contributed by atoms with Crippen molar-refractivity contribution in [1.29, 1.82) is 0 Å². The van der Waals surface area contributed by atoms with Gasteiger partial charge in [0.1, 0.15) is 0 Å². The third-order valence-corrected chi connectivity index (χ3v) is 4.30. The number of benzene rings is 2. The SMILES string of the molecule is CC(=O)c1ccccc1.CC(C(=O)c1ccc(Cl)cc1)C1CC1. The number of halogens is 1. The summed E-state index contributed by atoms with van der Waals surface area (Å²) in [5, 5.41) is 0.681. The molecule has 0 heterocycles. The van der Waals surface area contributed by atoms with Gasteiger partial charge in [0, 0.05) is 22.1 Å². The number of rotatable bonds is 4. The molecule has 0 bridgehead atoms. The van der Waals surface area contributed by atoms with Crippen LogP contribution >= 0.6 is 11.6 Å². The van der Waals surface area contributed by atoms with Gasteiger partial charge in [-0.05, 0) is 49.9 Å². The number of hydrogen-bond acceptors (Lipinski definition) is 2. The Morgan fingerprint density at radius 3 is 1.96 bits per heavy atom. The van der Waals surface area contributed by atoms with E-state index in [4.69, 9.17) is 11.6 Å². The molecule has 1 aliphatic rings. The Kier molecular flexibility index (Phi) is 6.12. The molecule has 120 valence electrons. The monoisotopic (exact) mass is 328 g/mol. The summed E-state index contributed by atoms with van der Waals surface area (Å²) in [6.45, 7) is 3.59. The van der Waals surface area contributed by atoms with E-state index in [1.165, 1.54) is 12.8 Å². The third kappa shape index (κ3) is 5.33. The zero-order valence-electron chi connectivity index (χ0n) is 13.5. The highest BCUT2D eigenvalue weighted by Gasteiger charge is 2.32. The molecule has 3 heteroatoms. The van der Waals surface area contributed by atoms with Gasteiger partial charge >= 0.3 is 0 Å². The maximum Gasteiger partial charge on any atom is 0.165 e. The minimum Gasteiger partial charge on any atom is -0.295 e. The number of hydrogen-bond donors (Lipinski definition) is 0. The summed E-state index contributed by atoms with van der Waals surface area (Å²) in [6.07, 6.45) is 2.42. The summed E-state index contributed by atoms with van der Waals surface area (Å²) in [7, 11) is 0. The molecule has 1 atom stereocenters. The number of ketones is 2. The van der Waals surface area contributed by atoms with Gasteiger partial charge in [-0.15, -0.1) is 0 Å².